The second-order valence-corrected chi connectivity index (χ2v) is 6.04. The van der Waals surface area contributed by atoms with Crippen LogP contribution in [0.4, 0.5) is 0 Å². The van der Waals surface area contributed by atoms with E-state index >= 15 is 0 Å². The lowest BCUT2D eigenvalue weighted by Crippen LogP contribution is -2.25. The van der Waals surface area contributed by atoms with Crippen molar-refractivity contribution in [2.75, 3.05) is 6.54 Å². The molecule has 0 unspecified atom stereocenters. The van der Waals surface area contributed by atoms with Crippen LogP contribution in [0.15, 0.2) is 42.6 Å². The van der Waals surface area contributed by atoms with Crippen LogP contribution >= 0.6 is 23.2 Å². The van der Waals surface area contributed by atoms with Gasteiger partial charge in [0.15, 0.2) is 0 Å². The van der Waals surface area contributed by atoms with Crippen LogP contribution in [0.2, 0.25) is 10.0 Å². The number of H-pyrrole nitrogens is 1. The van der Waals surface area contributed by atoms with Crippen molar-refractivity contribution in [1.29, 1.82) is 0 Å². The Morgan fingerprint density at radius 2 is 1.87 bits per heavy atom. The number of phenolic OH excluding ortho intramolecular Hbond substituents is 1. The van der Waals surface area contributed by atoms with Gasteiger partial charge in [-0.1, -0.05) is 23.2 Å². The Morgan fingerprint density at radius 1 is 1.13 bits per heavy atom. The maximum absolute atomic E-state index is 12.1. The van der Waals surface area contributed by atoms with E-state index in [1.807, 2.05) is 24.4 Å². The van der Waals surface area contributed by atoms with Crippen molar-refractivity contribution in [1.82, 2.24) is 10.3 Å². The van der Waals surface area contributed by atoms with E-state index < -0.39 is 0 Å². The van der Waals surface area contributed by atoms with Crippen LogP contribution < -0.4 is 5.32 Å². The molecular weight excluding hydrogens is 335 g/mol. The molecule has 1 heterocycles. The second kappa shape index (κ2) is 6.52. The summed E-state index contributed by atoms with van der Waals surface area (Å²) in [4.78, 5) is 15.3. The van der Waals surface area contributed by atoms with E-state index in [0.717, 1.165) is 16.5 Å². The normalized spacial score (nSPS) is 10.9. The quantitative estimate of drug-likeness (QED) is 0.662. The topological polar surface area (TPSA) is 65.1 Å². The van der Waals surface area contributed by atoms with Crippen LogP contribution in [-0.2, 0) is 6.42 Å². The molecule has 0 aliphatic heterocycles. The molecule has 6 heteroatoms. The highest BCUT2D eigenvalue weighted by Crippen LogP contribution is 2.23. The van der Waals surface area contributed by atoms with E-state index in [1.54, 1.807) is 0 Å². The summed E-state index contributed by atoms with van der Waals surface area (Å²) < 4.78 is 0. The minimum atomic E-state index is -0.358. The number of amides is 1. The fourth-order valence-corrected chi connectivity index (χ4v) is 2.80. The lowest BCUT2D eigenvalue weighted by atomic mass is 10.1. The first-order valence-corrected chi connectivity index (χ1v) is 7.82. The average Bonchev–Trinajstić information content (AvgIpc) is 2.92. The molecule has 3 rings (SSSR count). The van der Waals surface area contributed by atoms with E-state index in [4.69, 9.17) is 23.2 Å². The maximum atomic E-state index is 12.1. The lowest BCUT2D eigenvalue weighted by molar-refractivity contribution is 0.0951. The Hall–Kier alpha value is -2.17. The van der Waals surface area contributed by atoms with Crippen molar-refractivity contribution in [3.05, 3.63) is 63.8 Å². The summed E-state index contributed by atoms with van der Waals surface area (Å²) >= 11 is 11.9. The van der Waals surface area contributed by atoms with Crippen molar-refractivity contribution in [2.24, 2.45) is 0 Å². The van der Waals surface area contributed by atoms with Gasteiger partial charge in [0, 0.05) is 33.7 Å². The summed E-state index contributed by atoms with van der Waals surface area (Å²) in [5.41, 5.74) is 2.24. The van der Waals surface area contributed by atoms with Crippen LogP contribution in [0.1, 0.15) is 15.9 Å². The highest BCUT2D eigenvalue weighted by molar-refractivity contribution is 6.31. The van der Waals surface area contributed by atoms with Crippen molar-refractivity contribution >= 4 is 40.0 Å². The molecule has 0 atom stereocenters. The minimum Gasteiger partial charge on any atom is -0.507 e. The number of nitrogens with one attached hydrogen (secondary N) is 2. The number of rotatable bonds is 4. The third kappa shape index (κ3) is 3.44. The predicted octanol–water partition coefficient (Wildman–Crippen LogP) is 4.15. The molecule has 0 aliphatic carbocycles. The third-order valence-corrected chi connectivity index (χ3v) is 4.08. The minimum absolute atomic E-state index is 0.0919. The Kier molecular flexibility index (Phi) is 4.46. The molecule has 3 N–H and O–H groups in total. The second-order valence-electron chi connectivity index (χ2n) is 5.17. The number of carbonyl (C=O) groups excluding carboxylic acids is 1. The number of carbonyl (C=O) groups is 1. The molecule has 23 heavy (non-hydrogen) atoms. The van der Waals surface area contributed by atoms with Crippen molar-refractivity contribution in [3.8, 4) is 5.75 Å². The standard InChI is InChI=1S/C17H14Cl2N2O2/c18-11-1-3-15-13(7-11)10(9-21-15)5-6-20-17(23)14-8-12(19)2-4-16(14)22/h1-4,7-9,21-22H,5-6H2,(H,20,23). The van der Waals surface area contributed by atoms with Gasteiger partial charge in [-0.3, -0.25) is 4.79 Å². The number of aromatic nitrogens is 1. The van der Waals surface area contributed by atoms with Gasteiger partial charge in [-0.2, -0.15) is 0 Å². The smallest absolute Gasteiger partial charge is 0.255 e. The highest BCUT2D eigenvalue weighted by atomic mass is 35.5. The summed E-state index contributed by atoms with van der Waals surface area (Å²) in [6, 6.07) is 10.0. The van der Waals surface area contributed by atoms with Crippen molar-refractivity contribution in [2.45, 2.75) is 6.42 Å². The zero-order valence-corrected chi connectivity index (χ0v) is 13.6. The first-order chi connectivity index (χ1) is 11.0. The fourth-order valence-electron chi connectivity index (χ4n) is 2.45. The van der Waals surface area contributed by atoms with Crippen LogP contribution in [0.25, 0.3) is 10.9 Å². The first-order valence-electron chi connectivity index (χ1n) is 7.07. The van der Waals surface area contributed by atoms with Gasteiger partial charge in [0.1, 0.15) is 5.75 Å². The zero-order valence-electron chi connectivity index (χ0n) is 12.1. The van der Waals surface area contributed by atoms with Gasteiger partial charge in [-0.25, -0.2) is 0 Å². The van der Waals surface area contributed by atoms with Crippen LogP contribution in [0, 0.1) is 0 Å². The van der Waals surface area contributed by atoms with Gasteiger partial charge in [-0.05, 0) is 48.4 Å². The molecule has 1 aromatic heterocycles. The molecule has 118 valence electrons. The van der Waals surface area contributed by atoms with Gasteiger partial charge in [0.2, 0.25) is 0 Å². The molecule has 0 spiro atoms. The Bertz CT molecular complexity index is 874. The van der Waals surface area contributed by atoms with Crippen molar-refractivity contribution in [3.63, 3.8) is 0 Å². The van der Waals surface area contributed by atoms with Crippen LogP contribution in [0.5, 0.6) is 5.75 Å². The number of benzene rings is 2. The van der Waals surface area contributed by atoms with E-state index in [0.29, 0.717) is 23.0 Å². The third-order valence-electron chi connectivity index (χ3n) is 3.61. The molecular formula is C17H14Cl2N2O2. The molecule has 0 fully saturated rings. The van der Waals surface area contributed by atoms with Gasteiger partial charge < -0.3 is 15.4 Å². The summed E-state index contributed by atoms with van der Waals surface area (Å²) in [6.07, 6.45) is 2.55. The summed E-state index contributed by atoms with van der Waals surface area (Å²) in [7, 11) is 0. The molecule has 2 aromatic carbocycles. The monoisotopic (exact) mass is 348 g/mol. The van der Waals surface area contributed by atoms with E-state index in [2.05, 4.69) is 10.3 Å². The van der Waals surface area contributed by atoms with E-state index in [-0.39, 0.29) is 17.2 Å². The van der Waals surface area contributed by atoms with E-state index in [1.165, 1.54) is 18.2 Å². The summed E-state index contributed by atoms with van der Waals surface area (Å²) in [6.45, 7) is 0.435. The number of aromatic amines is 1. The highest BCUT2D eigenvalue weighted by Gasteiger charge is 2.12. The number of phenols is 1. The molecule has 4 nitrogen and oxygen atoms in total. The van der Waals surface area contributed by atoms with Gasteiger partial charge >= 0.3 is 0 Å². The number of hydrogen-bond acceptors (Lipinski definition) is 2. The molecule has 0 saturated heterocycles. The fraction of sp³-hybridized carbons (Fsp3) is 0.118. The molecule has 0 radical (unpaired) electrons. The predicted molar refractivity (Wildman–Crippen MR) is 92.5 cm³/mol. The van der Waals surface area contributed by atoms with Gasteiger partial charge in [0.25, 0.3) is 5.91 Å². The molecule has 0 aliphatic rings. The Morgan fingerprint density at radius 3 is 2.70 bits per heavy atom. The Balaban J connectivity index is 1.67. The average molecular weight is 349 g/mol. The summed E-state index contributed by atoms with van der Waals surface area (Å²) in [5, 5.41) is 14.6. The molecule has 1 amide bonds. The van der Waals surface area contributed by atoms with Crippen LogP contribution in [0.3, 0.4) is 0 Å². The SMILES string of the molecule is O=C(NCCc1c[nH]c2ccc(Cl)cc12)c1cc(Cl)ccc1O. The maximum Gasteiger partial charge on any atom is 0.255 e. The van der Waals surface area contributed by atoms with Crippen molar-refractivity contribution < 1.29 is 9.90 Å². The van der Waals surface area contributed by atoms with Gasteiger partial charge in [-0.15, -0.1) is 0 Å². The number of aromatic hydroxyl groups is 1. The Labute approximate surface area is 143 Å². The zero-order chi connectivity index (χ0) is 16.4. The van der Waals surface area contributed by atoms with E-state index in [9.17, 15) is 9.90 Å². The van der Waals surface area contributed by atoms with Crippen LogP contribution in [-0.4, -0.2) is 22.5 Å². The number of hydrogen-bond donors (Lipinski definition) is 3. The molecule has 0 bridgehead atoms. The first kappa shape index (κ1) is 15.7. The molecule has 3 aromatic rings. The number of fused-ring (bicyclic) bond motifs is 1. The summed E-state index contributed by atoms with van der Waals surface area (Å²) in [5.74, 6) is -0.450. The number of halogens is 2. The van der Waals surface area contributed by atoms with Gasteiger partial charge in [0.05, 0.1) is 5.56 Å². The molecule has 0 saturated carbocycles. The lowest BCUT2D eigenvalue weighted by Gasteiger charge is -2.07. The largest absolute Gasteiger partial charge is 0.507 e.